The van der Waals surface area contributed by atoms with Crippen LogP contribution < -0.4 is 10.6 Å². The fraction of sp³-hybridized carbons (Fsp3) is 0.318. The summed E-state index contributed by atoms with van der Waals surface area (Å²) >= 11 is 0. The predicted octanol–water partition coefficient (Wildman–Crippen LogP) is 2.93. The summed E-state index contributed by atoms with van der Waals surface area (Å²) in [6.45, 7) is 8.15. The number of carbonyl (C=O) groups excluding carboxylic acids is 1. The molecule has 4 aromatic rings. The second kappa shape index (κ2) is 8.77. The Morgan fingerprint density at radius 1 is 1.18 bits per heavy atom. The molecule has 0 saturated carbocycles. The third-order valence-electron chi connectivity index (χ3n) is 4.86. The summed E-state index contributed by atoms with van der Waals surface area (Å²) in [4.78, 5) is 29.5. The molecule has 11 nitrogen and oxygen atoms in total. The van der Waals surface area contributed by atoms with E-state index in [1.807, 2.05) is 59.1 Å². The van der Waals surface area contributed by atoms with Crippen molar-refractivity contribution in [2.75, 3.05) is 5.32 Å². The highest BCUT2D eigenvalue weighted by atomic mass is 16.5. The van der Waals surface area contributed by atoms with Crippen molar-refractivity contribution >= 4 is 17.5 Å². The minimum absolute atomic E-state index is 0.0481. The Hall–Kier alpha value is -4.15. The molecule has 170 valence electrons. The largest absolute Gasteiger partial charge is 0.344 e. The van der Waals surface area contributed by atoms with Crippen LogP contribution in [0.1, 0.15) is 48.4 Å². The number of carbonyl (C=O) groups is 1. The molecule has 0 spiro atoms. The van der Waals surface area contributed by atoms with Crippen molar-refractivity contribution < 1.29 is 9.32 Å². The standard InChI is InChI=1S/C22H25N9O2/c1-13-8-14(17-24-12-25-21(28-17)27-16-10-26-31(5)11-16)6-7-15(13)9-23-18(32)19-29-20(30-33-19)22(2,3)4/h6-8,10-12H,9H2,1-5H3,(H,23,32)(H,24,25,27,28). The smallest absolute Gasteiger partial charge is 0.315 e. The van der Waals surface area contributed by atoms with Crippen molar-refractivity contribution in [3.63, 3.8) is 0 Å². The first-order valence-electron chi connectivity index (χ1n) is 10.4. The Morgan fingerprint density at radius 2 is 2.00 bits per heavy atom. The van der Waals surface area contributed by atoms with Gasteiger partial charge in [0.1, 0.15) is 6.33 Å². The second-order valence-electron chi connectivity index (χ2n) is 8.66. The molecule has 2 N–H and O–H groups in total. The Balaban J connectivity index is 1.43. The second-order valence-corrected chi connectivity index (χ2v) is 8.66. The molecule has 0 radical (unpaired) electrons. The minimum atomic E-state index is -0.412. The van der Waals surface area contributed by atoms with Gasteiger partial charge >= 0.3 is 11.8 Å². The first-order valence-corrected chi connectivity index (χ1v) is 10.4. The molecule has 3 heterocycles. The van der Waals surface area contributed by atoms with Crippen molar-refractivity contribution in [1.29, 1.82) is 0 Å². The van der Waals surface area contributed by atoms with Crippen LogP contribution in [0.5, 0.6) is 0 Å². The zero-order valence-electron chi connectivity index (χ0n) is 19.1. The molecule has 0 aliphatic heterocycles. The number of rotatable bonds is 6. The van der Waals surface area contributed by atoms with Gasteiger partial charge in [0.05, 0.1) is 11.9 Å². The lowest BCUT2D eigenvalue weighted by molar-refractivity contribution is 0.0907. The summed E-state index contributed by atoms with van der Waals surface area (Å²) < 4.78 is 6.78. The third-order valence-corrected chi connectivity index (χ3v) is 4.86. The molecular formula is C22H25N9O2. The number of amides is 1. The lowest BCUT2D eigenvalue weighted by Crippen LogP contribution is -2.24. The molecule has 3 aromatic heterocycles. The van der Waals surface area contributed by atoms with Crippen molar-refractivity contribution in [2.45, 2.75) is 39.7 Å². The first-order chi connectivity index (χ1) is 15.7. The molecule has 1 amide bonds. The highest BCUT2D eigenvalue weighted by Gasteiger charge is 2.23. The van der Waals surface area contributed by atoms with Crippen LogP contribution in [0.25, 0.3) is 11.4 Å². The monoisotopic (exact) mass is 447 g/mol. The maximum absolute atomic E-state index is 12.4. The summed E-state index contributed by atoms with van der Waals surface area (Å²) in [5.74, 6) is 0.993. The van der Waals surface area contributed by atoms with E-state index in [0.29, 0.717) is 24.1 Å². The molecule has 0 aliphatic carbocycles. The number of hydrogen-bond acceptors (Lipinski definition) is 9. The van der Waals surface area contributed by atoms with E-state index in [9.17, 15) is 4.79 Å². The number of aromatic nitrogens is 7. The van der Waals surface area contributed by atoms with Crippen molar-refractivity contribution in [3.8, 4) is 11.4 Å². The van der Waals surface area contributed by atoms with E-state index in [1.165, 1.54) is 6.33 Å². The van der Waals surface area contributed by atoms with Crippen LogP contribution in [0.4, 0.5) is 11.6 Å². The number of anilines is 2. The highest BCUT2D eigenvalue weighted by Crippen LogP contribution is 2.21. The van der Waals surface area contributed by atoms with Gasteiger partial charge in [-0.2, -0.15) is 15.1 Å². The Kier molecular flexibility index (Phi) is 5.86. The zero-order valence-corrected chi connectivity index (χ0v) is 19.1. The summed E-state index contributed by atoms with van der Waals surface area (Å²) in [6, 6.07) is 5.80. The van der Waals surface area contributed by atoms with Crippen LogP contribution in [0.15, 0.2) is 41.4 Å². The molecule has 0 atom stereocenters. The van der Waals surface area contributed by atoms with Crippen LogP contribution in [-0.4, -0.2) is 40.8 Å². The molecule has 0 fully saturated rings. The first kappa shape index (κ1) is 22.1. The van der Waals surface area contributed by atoms with Crippen LogP contribution in [-0.2, 0) is 19.0 Å². The molecule has 0 bridgehead atoms. The van der Waals surface area contributed by atoms with Gasteiger partial charge in [-0.05, 0) is 24.1 Å². The molecule has 1 aromatic carbocycles. The minimum Gasteiger partial charge on any atom is -0.344 e. The summed E-state index contributed by atoms with van der Waals surface area (Å²) in [6.07, 6.45) is 4.98. The molecule has 0 aliphatic rings. The normalized spacial score (nSPS) is 11.4. The van der Waals surface area contributed by atoms with Crippen LogP contribution in [0.2, 0.25) is 0 Å². The molecule has 4 rings (SSSR count). The third kappa shape index (κ3) is 5.20. The molecule has 11 heteroatoms. The van der Waals surface area contributed by atoms with E-state index in [4.69, 9.17) is 4.52 Å². The number of aryl methyl sites for hydroxylation is 2. The number of benzene rings is 1. The summed E-state index contributed by atoms with van der Waals surface area (Å²) in [7, 11) is 1.84. The van der Waals surface area contributed by atoms with E-state index in [-0.39, 0.29) is 11.3 Å². The average molecular weight is 448 g/mol. The van der Waals surface area contributed by atoms with Gasteiger partial charge in [0.25, 0.3) is 0 Å². The molecule has 0 saturated heterocycles. The van der Waals surface area contributed by atoms with Gasteiger partial charge in [0.2, 0.25) is 5.95 Å². The van der Waals surface area contributed by atoms with Gasteiger partial charge in [-0.1, -0.05) is 38.1 Å². The fourth-order valence-corrected chi connectivity index (χ4v) is 3.02. The van der Waals surface area contributed by atoms with E-state index >= 15 is 0 Å². The van der Waals surface area contributed by atoms with E-state index < -0.39 is 5.91 Å². The number of hydrogen-bond donors (Lipinski definition) is 2. The topological polar surface area (TPSA) is 137 Å². The van der Waals surface area contributed by atoms with E-state index in [0.717, 1.165) is 22.4 Å². The lowest BCUT2D eigenvalue weighted by atomic mass is 9.96. The summed E-state index contributed by atoms with van der Waals surface area (Å²) in [5, 5.41) is 13.9. The van der Waals surface area contributed by atoms with Crippen molar-refractivity contribution in [3.05, 3.63) is 59.8 Å². The van der Waals surface area contributed by atoms with E-state index in [1.54, 1.807) is 10.9 Å². The van der Waals surface area contributed by atoms with Gasteiger partial charge in [0.15, 0.2) is 11.6 Å². The molecule has 33 heavy (non-hydrogen) atoms. The maximum atomic E-state index is 12.4. The van der Waals surface area contributed by atoms with Crippen LogP contribution in [0.3, 0.4) is 0 Å². The predicted molar refractivity (Wildman–Crippen MR) is 121 cm³/mol. The fourth-order valence-electron chi connectivity index (χ4n) is 3.02. The highest BCUT2D eigenvalue weighted by molar-refractivity contribution is 5.89. The van der Waals surface area contributed by atoms with Gasteiger partial charge < -0.3 is 15.2 Å². The Labute approximate surface area is 190 Å². The van der Waals surface area contributed by atoms with Crippen LogP contribution in [0, 0.1) is 6.92 Å². The SMILES string of the molecule is Cc1cc(-c2ncnc(Nc3cnn(C)c3)n2)ccc1CNC(=O)c1nc(C(C)(C)C)no1. The quantitative estimate of drug-likeness (QED) is 0.457. The Bertz CT molecular complexity index is 1290. The summed E-state index contributed by atoms with van der Waals surface area (Å²) in [5.41, 5.74) is 3.26. The maximum Gasteiger partial charge on any atom is 0.315 e. The van der Waals surface area contributed by atoms with Gasteiger partial charge in [-0.15, -0.1) is 0 Å². The number of nitrogens with zero attached hydrogens (tertiary/aromatic N) is 7. The molecule has 0 unspecified atom stereocenters. The van der Waals surface area contributed by atoms with Crippen molar-refractivity contribution in [2.24, 2.45) is 7.05 Å². The number of nitrogens with one attached hydrogen (secondary N) is 2. The lowest BCUT2D eigenvalue weighted by Gasteiger charge is -2.11. The van der Waals surface area contributed by atoms with Crippen molar-refractivity contribution in [1.82, 2.24) is 40.2 Å². The Morgan fingerprint density at radius 3 is 2.67 bits per heavy atom. The van der Waals surface area contributed by atoms with Crippen LogP contribution >= 0.6 is 0 Å². The van der Waals surface area contributed by atoms with Gasteiger partial charge in [-0.25, -0.2) is 9.97 Å². The average Bonchev–Trinajstić information content (AvgIpc) is 3.42. The van der Waals surface area contributed by atoms with Gasteiger partial charge in [0, 0.05) is 30.8 Å². The van der Waals surface area contributed by atoms with E-state index in [2.05, 4.69) is 40.8 Å². The zero-order chi connectivity index (χ0) is 23.6. The molecular weight excluding hydrogens is 422 g/mol. The van der Waals surface area contributed by atoms with Gasteiger partial charge in [-0.3, -0.25) is 9.48 Å².